The van der Waals surface area contributed by atoms with Crippen molar-refractivity contribution >= 4 is 11.5 Å². The zero-order valence-corrected chi connectivity index (χ0v) is 12.0. The minimum atomic E-state index is -5.13. The molecule has 2 N–H and O–H groups in total. The van der Waals surface area contributed by atoms with E-state index in [0.29, 0.717) is 12.1 Å². The van der Waals surface area contributed by atoms with Crippen LogP contribution in [0.25, 0.3) is 16.8 Å². The first-order valence-corrected chi connectivity index (χ1v) is 6.57. The largest absolute Gasteiger partial charge is 0.417 e. The van der Waals surface area contributed by atoms with Crippen molar-refractivity contribution in [3.05, 3.63) is 47.4 Å². The van der Waals surface area contributed by atoms with E-state index in [1.807, 2.05) is 0 Å². The maximum Gasteiger partial charge on any atom is 0.417 e. The third-order valence-corrected chi connectivity index (χ3v) is 3.47. The van der Waals surface area contributed by atoms with E-state index in [1.54, 1.807) is 0 Å². The Balaban J connectivity index is 2.35. The van der Waals surface area contributed by atoms with Crippen LogP contribution in [0, 0.1) is 5.82 Å². The summed E-state index contributed by atoms with van der Waals surface area (Å²) in [7, 11) is 0. The first-order chi connectivity index (χ1) is 11.5. The predicted octanol–water partition coefficient (Wildman–Crippen LogP) is 4.16. The van der Waals surface area contributed by atoms with E-state index in [0.717, 1.165) is 16.7 Å². The number of nitrogens with zero attached hydrogens (tertiary/aromatic N) is 3. The number of aromatic nitrogens is 3. The van der Waals surface area contributed by atoms with Gasteiger partial charge >= 0.3 is 12.4 Å². The van der Waals surface area contributed by atoms with Crippen molar-refractivity contribution < 1.29 is 30.7 Å². The van der Waals surface area contributed by atoms with Crippen molar-refractivity contribution in [3.8, 4) is 11.3 Å². The van der Waals surface area contributed by atoms with Crippen LogP contribution >= 0.6 is 0 Å². The number of nitrogen functional groups attached to an aromatic ring is 1. The Morgan fingerprint density at radius 2 is 1.60 bits per heavy atom. The number of alkyl halides is 6. The van der Waals surface area contributed by atoms with Gasteiger partial charge in [-0.2, -0.15) is 26.3 Å². The number of rotatable bonds is 1. The topological polar surface area (TPSA) is 56.2 Å². The molecular weight excluding hydrogens is 357 g/mol. The molecule has 0 aliphatic carbocycles. The van der Waals surface area contributed by atoms with Crippen LogP contribution in [0.15, 0.2) is 30.5 Å². The van der Waals surface area contributed by atoms with E-state index in [2.05, 4.69) is 10.2 Å². The Bertz CT molecular complexity index is 956. The molecule has 0 bridgehead atoms. The van der Waals surface area contributed by atoms with Crippen molar-refractivity contribution in [2.75, 3.05) is 5.73 Å². The van der Waals surface area contributed by atoms with Crippen LogP contribution in [-0.2, 0) is 12.4 Å². The van der Waals surface area contributed by atoms with Gasteiger partial charge in [0, 0.05) is 11.8 Å². The van der Waals surface area contributed by atoms with Gasteiger partial charge in [-0.25, -0.2) is 4.39 Å². The van der Waals surface area contributed by atoms with Crippen molar-refractivity contribution in [3.63, 3.8) is 0 Å². The Labute approximate surface area is 134 Å². The van der Waals surface area contributed by atoms with Crippen LogP contribution < -0.4 is 5.73 Å². The molecule has 0 aliphatic heterocycles. The van der Waals surface area contributed by atoms with Gasteiger partial charge in [0.25, 0.3) is 0 Å². The smallest absolute Gasteiger partial charge is 0.368 e. The molecule has 0 spiro atoms. The zero-order chi connectivity index (χ0) is 18.6. The molecule has 2 aromatic heterocycles. The van der Waals surface area contributed by atoms with E-state index < -0.39 is 46.1 Å². The molecular formula is C14H7F7N4. The van der Waals surface area contributed by atoms with Gasteiger partial charge in [0.2, 0.25) is 5.95 Å². The molecule has 3 aromatic rings. The second kappa shape index (κ2) is 5.33. The van der Waals surface area contributed by atoms with Gasteiger partial charge in [-0.1, -0.05) is 6.07 Å². The molecule has 0 saturated carbocycles. The lowest BCUT2D eigenvalue weighted by Gasteiger charge is -2.16. The van der Waals surface area contributed by atoms with Gasteiger partial charge in [-0.15, -0.1) is 10.2 Å². The summed E-state index contributed by atoms with van der Waals surface area (Å²) in [5, 5.41) is 6.88. The van der Waals surface area contributed by atoms with Crippen LogP contribution in [0.5, 0.6) is 0 Å². The first kappa shape index (κ1) is 17.0. The lowest BCUT2D eigenvalue weighted by atomic mass is 10.00. The average Bonchev–Trinajstić information content (AvgIpc) is 2.89. The standard InChI is InChI=1S/C14H7F7N4/c15-9-3-4-25-11(9)10(23-24-12(25)22)7-2-1-6(13(16,17)18)5-8(7)14(19,20)21/h1-5H,(H2,22,24). The molecule has 0 saturated heterocycles. The van der Waals surface area contributed by atoms with E-state index in [1.165, 1.54) is 0 Å². The highest BCUT2D eigenvalue weighted by Gasteiger charge is 2.39. The number of hydrogen-bond donors (Lipinski definition) is 1. The second-order valence-electron chi connectivity index (χ2n) is 5.04. The van der Waals surface area contributed by atoms with Crippen LogP contribution in [0.2, 0.25) is 0 Å². The predicted molar refractivity (Wildman–Crippen MR) is 72.8 cm³/mol. The molecule has 0 aliphatic rings. The summed E-state index contributed by atoms with van der Waals surface area (Å²) in [6, 6.07) is 1.92. The number of nitrogens with two attached hydrogens (primary N) is 1. The SMILES string of the molecule is Nc1nnc(-c2ccc(C(F)(F)F)cc2C(F)(F)F)c2c(F)ccn12. The molecule has 0 atom stereocenters. The van der Waals surface area contributed by atoms with Crippen molar-refractivity contribution in [1.82, 2.24) is 14.6 Å². The van der Waals surface area contributed by atoms with Crippen LogP contribution in [0.1, 0.15) is 11.1 Å². The number of anilines is 1. The Morgan fingerprint density at radius 1 is 0.920 bits per heavy atom. The lowest BCUT2D eigenvalue weighted by molar-refractivity contribution is -0.142. The molecule has 0 fully saturated rings. The fraction of sp³-hybridized carbons (Fsp3) is 0.143. The average molecular weight is 364 g/mol. The molecule has 3 rings (SSSR count). The number of benzene rings is 1. The Morgan fingerprint density at radius 3 is 2.20 bits per heavy atom. The normalized spacial score (nSPS) is 12.8. The van der Waals surface area contributed by atoms with Gasteiger partial charge in [0.15, 0.2) is 5.82 Å². The number of halogens is 7. The van der Waals surface area contributed by atoms with Crippen LogP contribution in [0.3, 0.4) is 0 Å². The van der Waals surface area contributed by atoms with E-state index in [4.69, 9.17) is 5.73 Å². The highest BCUT2D eigenvalue weighted by Crippen LogP contribution is 2.41. The van der Waals surface area contributed by atoms with Gasteiger partial charge in [0.1, 0.15) is 11.2 Å². The van der Waals surface area contributed by atoms with Crippen LogP contribution in [0.4, 0.5) is 36.7 Å². The molecule has 0 amide bonds. The van der Waals surface area contributed by atoms with Gasteiger partial charge in [-0.3, -0.25) is 4.40 Å². The minimum absolute atomic E-state index is 0.0509. The maximum absolute atomic E-state index is 14.0. The summed E-state index contributed by atoms with van der Waals surface area (Å²) in [5.41, 5.74) is 0.648. The highest BCUT2D eigenvalue weighted by atomic mass is 19.4. The summed E-state index contributed by atoms with van der Waals surface area (Å²) in [4.78, 5) is 0. The molecule has 11 heteroatoms. The van der Waals surface area contributed by atoms with Crippen LogP contribution in [-0.4, -0.2) is 14.6 Å². The summed E-state index contributed by atoms with van der Waals surface area (Å²) >= 11 is 0. The third-order valence-electron chi connectivity index (χ3n) is 3.47. The van der Waals surface area contributed by atoms with Crippen molar-refractivity contribution in [2.45, 2.75) is 12.4 Å². The second-order valence-corrected chi connectivity index (χ2v) is 5.04. The first-order valence-electron chi connectivity index (χ1n) is 6.57. The summed E-state index contributed by atoms with van der Waals surface area (Å²) in [6.45, 7) is 0. The quantitative estimate of drug-likeness (QED) is 0.660. The number of hydrogen-bond acceptors (Lipinski definition) is 3. The monoisotopic (exact) mass is 364 g/mol. The molecule has 132 valence electrons. The van der Waals surface area contributed by atoms with Crippen molar-refractivity contribution in [1.29, 1.82) is 0 Å². The van der Waals surface area contributed by atoms with Gasteiger partial charge < -0.3 is 5.73 Å². The van der Waals surface area contributed by atoms with Crippen molar-refractivity contribution in [2.24, 2.45) is 0 Å². The minimum Gasteiger partial charge on any atom is -0.368 e. The summed E-state index contributed by atoms with van der Waals surface area (Å²) < 4.78 is 92.9. The summed E-state index contributed by atoms with van der Waals surface area (Å²) in [5.74, 6) is -1.23. The van der Waals surface area contributed by atoms with E-state index >= 15 is 0 Å². The maximum atomic E-state index is 14.0. The summed E-state index contributed by atoms with van der Waals surface area (Å²) in [6.07, 6.45) is -8.98. The zero-order valence-electron chi connectivity index (χ0n) is 12.0. The van der Waals surface area contributed by atoms with Gasteiger partial charge in [0.05, 0.1) is 11.1 Å². The Hall–Kier alpha value is -2.85. The molecule has 4 nitrogen and oxygen atoms in total. The molecule has 0 unspecified atom stereocenters. The fourth-order valence-electron chi connectivity index (χ4n) is 2.37. The molecule has 25 heavy (non-hydrogen) atoms. The lowest BCUT2D eigenvalue weighted by Crippen LogP contribution is -2.13. The number of fused-ring (bicyclic) bond motifs is 1. The Kier molecular flexibility index (Phi) is 3.62. The molecule has 0 radical (unpaired) electrons. The third kappa shape index (κ3) is 2.85. The molecule has 2 heterocycles. The molecule has 1 aromatic carbocycles. The van der Waals surface area contributed by atoms with Gasteiger partial charge in [-0.05, 0) is 18.2 Å². The van der Waals surface area contributed by atoms with E-state index in [9.17, 15) is 30.7 Å². The highest BCUT2D eigenvalue weighted by molar-refractivity contribution is 5.80. The fourth-order valence-corrected chi connectivity index (χ4v) is 2.37. The van der Waals surface area contributed by atoms with E-state index in [-0.39, 0.29) is 12.0 Å².